The lowest BCUT2D eigenvalue weighted by molar-refractivity contribution is -0.116. The minimum atomic E-state index is -0.471. The minimum absolute atomic E-state index is 0.0693. The Morgan fingerprint density at radius 3 is 2.84 bits per heavy atom. The van der Waals surface area contributed by atoms with Crippen molar-refractivity contribution in [2.45, 2.75) is 33.1 Å². The van der Waals surface area contributed by atoms with Crippen molar-refractivity contribution in [2.75, 3.05) is 5.32 Å². The van der Waals surface area contributed by atoms with Gasteiger partial charge >= 0.3 is 0 Å². The first-order valence-corrected chi connectivity index (χ1v) is 13.2. The molecule has 6 aromatic rings. The summed E-state index contributed by atoms with van der Waals surface area (Å²) in [6, 6.07) is 11.2. The van der Waals surface area contributed by atoms with E-state index in [1.165, 1.54) is 10.9 Å². The van der Waals surface area contributed by atoms with E-state index in [1.807, 2.05) is 19.1 Å². The molecule has 8 nitrogen and oxygen atoms in total. The number of hydrogen-bond acceptors (Lipinski definition) is 6. The van der Waals surface area contributed by atoms with Crippen LogP contribution in [-0.2, 0) is 4.79 Å². The molecule has 0 fully saturated rings. The zero-order valence-electron chi connectivity index (χ0n) is 20.8. The first-order valence-electron chi connectivity index (χ1n) is 12.3. The van der Waals surface area contributed by atoms with E-state index in [4.69, 9.17) is 0 Å². The highest BCUT2D eigenvalue weighted by Gasteiger charge is 2.19. The van der Waals surface area contributed by atoms with Gasteiger partial charge in [-0.1, -0.05) is 13.3 Å². The summed E-state index contributed by atoms with van der Waals surface area (Å²) >= 11 is 1.70. The quantitative estimate of drug-likeness (QED) is 0.211. The van der Waals surface area contributed by atoms with E-state index in [0.29, 0.717) is 45.8 Å². The number of imidazole rings is 1. The number of halogens is 1. The van der Waals surface area contributed by atoms with Crippen molar-refractivity contribution in [3.05, 3.63) is 65.7 Å². The molecule has 0 saturated carbocycles. The lowest BCUT2D eigenvalue weighted by Gasteiger charge is -2.08. The lowest BCUT2D eigenvalue weighted by atomic mass is 10.0. The van der Waals surface area contributed by atoms with Crippen molar-refractivity contribution in [1.29, 1.82) is 0 Å². The third-order valence-electron chi connectivity index (χ3n) is 6.36. The van der Waals surface area contributed by atoms with Gasteiger partial charge in [0.1, 0.15) is 11.2 Å². The third-order valence-corrected chi connectivity index (χ3v) is 7.39. The Kier molecular flexibility index (Phi) is 6.16. The fourth-order valence-electron chi connectivity index (χ4n) is 4.46. The average molecular weight is 526 g/mol. The molecule has 0 atom stereocenters. The second-order valence-corrected chi connectivity index (χ2v) is 10.4. The molecule has 190 valence electrons. The maximum absolute atomic E-state index is 15.2. The number of thiophene rings is 1. The second-order valence-electron chi connectivity index (χ2n) is 9.12. The maximum atomic E-state index is 15.2. The number of fused-ring (bicyclic) bond motifs is 2. The number of rotatable bonds is 7. The number of carbonyl (C=O) groups is 1. The Labute approximate surface area is 221 Å². The summed E-state index contributed by atoms with van der Waals surface area (Å²) in [5, 5.41) is 10.6. The highest BCUT2D eigenvalue weighted by Crippen LogP contribution is 2.35. The molecule has 0 bridgehead atoms. The highest BCUT2D eigenvalue weighted by molar-refractivity contribution is 7.15. The van der Waals surface area contributed by atoms with E-state index >= 15 is 4.39 Å². The topological polar surface area (TPSA) is 112 Å². The molecule has 5 aromatic heterocycles. The molecule has 0 spiro atoms. The van der Waals surface area contributed by atoms with Gasteiger partial charge in [-0.15, -0.1) is 11.3 Å². The molecular weight excluding hydrogens is 501 g/mol. The van der Waals surface area contributed by atoms with Crippen LogP contribution in [0.3, 0.4) is 0 Å². The number of carbonyl (C=O) groups excluding carboxylic acids is 1. The lowest BCUT2D eigenvalue weighted by Crippen LogP contribution is -2.11. The summed E-state index contributed by atoms with van der Waals surface area (Å²) in [4.78, 5) is 31.2. The minimum Gasteiger partial charge on any atom is -0.335 e. The van der Waals surface area contributed by atoms with Gasteiger partial charge < -0.3 is 10.3 Å². The highest BCUT2D eigenvalue weighted by atomic mass is 32.1. The molecule has 1 aromatic carbocycles. The summed E-state index contributed by atoms with van der Waals surface area (Å²) < 4.78 is 15.2. The first-order chi connectivity index (χ1) is 18.5. The van der Waals surface area contributed by atoms with Gasteiger partial charge in [-0.3, -0.25) is 14.9 Å². The third kappa shape index (κ3) is 4.43. The predicted molar refractivity (Wildman–Crippen MR) is 148 cm³/mol. The number of unbranched alkanes of at least 4 members (excludes halogenated alkanes) is 1. The van der Waals surface area contributed by atoms with Crippen LogP contribution in [0, 0.1) is 12.7 Å². The summed E-state index contributed by atoms with van der Waals surface area (Å²) in [5.41, 5.74) is 5.00. The average Bonchev–Trinajstić information content (AvgIpc) is 3.65. The number of nitrogens with zero attached hydrogens (tertiary/aromatic N) is 4. The number of anilines is 1. The van der Waals surface area contributed by atoms with Crippen molar-refractivity contribution in [1.82, 2.24) is 30.1 Å². The fourth-order valence-corrected chi connectivity index (χ4v) is 5.36. The molecule has 0 aliphatic rings. The van der Waals surface area contributed by atoms with Gasteiger partial charge in [0.05, 0.1) is 17.4 Å². The summed E-state index contributed by atoms with van der Waals surface area (Å²) in [6.45, 7) is 4.11. The van der Waals surface area contributed by atoms with Gasteiger partial charge in [-0.05, 0) is 55.3 Å². The predicted octanol–water partition coefficient (Wildman–Crippen LogP) is 6.87. The Morgan fingerprint density at radius 2 is 2.03 bits per heavy atom. The van der Waals surface area contributed by atoms with Crippen LogP contribution in [0.15, 0.2) is 55.0 Å². The molecule has 3 N–H and O–H groups in total. The molecule has 0 radical (unpaired) electrons. The van der Waals surface area contributed by atoms with Crippen molar-refractivity contribution < 1.29 is 9.18 Å². The molecule has 38 heavy (non-hydrogen) atoms. The van der Waals surface area contributed by atoms with Gasteiger partial charge in [-0.25, -0.2) is 14.4 Å². The van der Waals surface area contributed by atoms with Crippen molar-refractivity contribution >= 4 is 45.0 Å². The van der Waals surface area contributed by atoms with Crippen LogP contribution in [0.1, 0.15) is 31.1 Å². The van der Waals surface area contributed by atoms with Gasteiger partial charge in [-0.2, -0.15) is 5.10 Å². The van der Waals surface area contributed by atoms with Crippen LogP contribution in [0.2, 0.25) is 0 Å². The van der Waals surface area contributed by atoms with Crippen LogP contribution in [0.5, 0.6) is 0 Å². The van der Waals surface area contributed by atoms with E-state index in [2.05, 4.69) is 54.5 Å². The van der Waals surface area contributed by atoms with Crippen LogP contribution < -0.4 is 5.32 Å². The molecule has 10 heteroatoms. The van der Waals surface area contributed by atoms with E-state index in [9.17, 15) is 4.79 Å². The van der Waals surface area contributed by atoms with Crippen LogP contribution >= 0.6 is 11.3 Å². The standard InChI is InChI=1S/C28H24FN7OS/c1-3-4-5-23(37)32-18-10-17(13-30-14-18)16-11-20-24(21(29)12-16)35-36-26(20)28-33-25-19(8-9-31-27(25)34-28)22-7-6-15(2)38-22/h6-14H,3-5H2,1-2H3,(H,32,37)(H,35,36)(H,31,33,34). The Hall–Kier alpha value is -4.44. The van der Waals surface area contributed by atoms with Crippen molar-refractivity contribution in [3.8, 4) is 33.1 Å². The summed E-state index contributed by atoms with van der Waals surface area (Å²) in [5.74, 6) is -0.0242. The number of nitrogens with one attached hydrogen (secondary N) is 3. The zero-order chi connectivity index (χ0) is 26.2. The molecular formula is C28H24FN7OS. The van der Waals surface area contributed by atoms with E-state index in [0.717, 1.165) is 28.8 Å². The number of hydrogen-bond donors (Lipinski definition) is 3. The zero-order valence-corrected chi connectivity index (χ0v) is 21.6. The molecule has 0 unspecified atom stereocenters. The molecule has 0 saturated heterocycles. The monoisotopic (exact) mass is 525 g/mol. The number of aryl methyl sites for hydroxylation is 1. The van der Waals surface area contributed by atoms with Gasteiger partial charge in [0, 0.05) is 45.1 Å². The first kappa shape index (κ1) is 23.9. The van der Waals surface area contributed by atoms with Gasteiger partial charge in [0.2, 0.25) is 5.91 Å². The summed E-state index contributed by atoms with van der Waals surface area (Å²) in [7, 11) is 0. The normalized spacial score (nSPS) is 11.4. The number of aromatic amines is 2. The van der Waals surface area contributed by atoms with Crippen LogP contribution in [-0.4, -0.2) is 36.0 Å². The smallest absolute Gasteiger partial charge is 0.224 e. The maximum Gasteiger partial charge on any atom is 0.224 e. The van der Waals surface area contributed by atoms with E-state index in [1.54, 1.807) is 36.0 Å². The molecule has 0 aliphatic carbocycles. The van der Waals surface area contributed by atoms with Crippen molar-refractivity contribution in [2.24, 2.45) is 0 Å². The Morgan fingerprint density at radius 1 is 1.13 bits per heavy atom. The largest absolute Gasteiger partial charge is 0.335 e. The van der Waals surface area contributed by atoms with E-state index < -0.39 is 5.82 Å². The van der Waals surface area contributed by atoms with Crippen LogP contribution in [0.25, 0.3) is 55.2 Å². The van der Waals surface area contributed by atoms with Gasteiger partial charge in [0.15, 0.2) is 17.3 Å². The molecule has 0 aliphatic heterocycles. The second kappa shape index (κ2) is 9.79. The number of H-pyrrole nitrogens is 2. The van der Waals surface area contributed by atoms with Crippen molar-refractivity contribution in [3.63, 3.8) is 0 Å². The fraction of sp³-hybridized carbons (Fsp3) is 0.179. The van der Waals surface area contributed by atoms with Gasteiger partial charge in [0.25, 0.3) is 0 Å². The summed E-state index contributed by atoms with van der Waals surface area (Å²) in [6.07, 6.45) is 7.16. The SMILES string of the molecule is CCCCC(=O)Nc1cncc(-c2cc(F)c3n[nH]c(-c4nc5nccc(-c6ccc(C)s6)c5[nH]4)c3c2)c1. The number of aromatic nitrogens is 6. The van der Waals surface area contributed by atoms with Crippen LogP contribution in [0.4, 0.5) is 10.1 Å². The van der Waals surface area contributed by atoms with E-state index in [-0.39, 0.29) is 11.4 Å². The Balaban J connectivity index is 1.40. The number of pyridine rings is 2. The number of benzene rings is 1. The molecule has 5 heterocycles. The Bertz CT molecular complexity index is 1800. The molecule has 6 rings (SSSR count). The molecule has 1 amide bonds. The number of amides is 1.